The normalized spacial score (nSPS) is 15.7. The number of carbonyl (C=O) groups is 1. The SMILES string of the molecule is Cc1cc(C(=O)NC2CNC2)c(F)cc1F. The molecule has 0 aliphatic carbocycles. The zero-order valence-electron chi connectivity index (χ0n) is 8.81. The summed E-state index contributed by atoms with van der Waals surface area (Å²) in [6, 6.07) is 2.01. The van der Waals surface area contributed by atoms with Gasteiger partial charge in [0.2, 0.25) is 0 Å². The van der Waals surface area contributed by atoms with Gasteiger partial charge in [0.1, 0.15) is 11.6 Å². The first-order chi connectivity index (χ1) is 7.58. The summed E-state index contributed by atoms with van der Waals surface area (Å²) in [5.74, 6) is -1.96. The minimum absolute atomic E-state index is 0.0391. The Morgan fingerprint density at radius 2 is 2.06 bits per heavy atom. The van der Waals surface area contributed by atoms with Crippen molar-refractivity contribution in [3.8, 4) is 0 Å². The number of halogens is 2. The molecule has 0 aromatic heterocycles. The molecule has 1 amide bonds. The molecule has 1 heterocycles. The lowest BCUT2D eigenvalue weighted by molar-refractivity contribution is 0.0919. The summed E-state index contributed by atoms with van der Waals surface area (Å²) in [7, 11) is 0. The fourth-order valence-corrected chi connectivity index (χ4v) is 1.49. The van der Waals surface area contributed by atoms with Crippen LogP contribution in [0.25, 0.3) is 0 Å². The van der Waals surface area contributed by atoms with Gasteiger partial charge in [0, 0.05) is 19.2 Å². The van der Waals surface area contributed by atoms with Crippen LogP contribution in [0.4, 0.5) is 8.78 Å². The molecule has 2 rings (SSSR count). The lowest BCUT2D eigenvalue weighted by Crippen LogP contribution is -2.57. The average molecular weight is 226 g/mol. The smallest absolute Gasteiger partial charge is 0.254 e. The average Bonchev–Trinajstić information content (AvgIpc) is 2.17. The van der Waals surface area contributed by atoms with Crippen molar-refractivity contribution in [1.29, 1.82) is 0 Å². The molecule has 1 aliphatic rings. The molecule has 0 unspecified atom stereocenters. The Balaban J connectivity index is 2.18. The number of hydrogen-bond acceptors (Lipinski definition) is 2. The highest BCUT2D eigenvalue weighted by Gasteiger charge is 2.21. The van der Waals surface area contributed by atoms with E-state index in [1.165, 1.54) is 13.0 Å². The van der Waals surface area contributed by atoms with Crippen LogP contribution in [0.5, 0.6) is 0 Å². The van der Waals surface area contributed by atoms with Crippen LogP contribution in [0, 0.1) is 18.6 Å². The van der Waals surface area contributed by atoms with Crippen LogP contribution < -0.4 is 10.6 Å². The van der Waals surface area contributed by atoms with E-state index in [0.29, 0.717) is 13.1 Å². The Morgan fingerprint density at radius 1 is 1.38 bits per heavy atom. The number of carbonyl (C=O) groups excluding carboxylic acids is 1. The minimum Gasteiger partial charge on any atom is -0.347 e. The van der Waals surface area contributed by atoms with E-state index in [9.17, 15) is 13.6 Å². The summed E-state index contributed by atoms with van der Waals surface area (Å²) in [6.45, 7) is 2.87. The maximum absolute atomic E-state index is 13.3. The summed E-state index contributed by atoms with van der Waals surface area (Å²) in [5, 5.41) is 5.64. The highest BCUT2D eigenvalue weighted by atomic mass is 19.1. The predicted octanol–water partition coefficient (Wildman–Crippen LogP) is 0.975. The Hall–Kier alpha value is -1.49. The van der Waals surface area contributed by atoms with Crippen molar-refractivity contribution >= 4 is 5.91 Å². The summed E-state index contributed by atoms with van der Waals surface area (Å²) >= 11 is 0. The highest BCUT2D eigenvalue weighted by molar-refractivity contribution is 5.95. The monoisotopic (exact) mass is 226 g/mol. The van der Waals surface area contributed by atoms with E-state index in [2.05, 4.69) is 10.6 Å². The highest BCUT2D eigenvalue weighted by Crippen LogP contribution is 2.14. The lowest BCUT2D eigenvalue weighted by Gasteiger charge is -2.28. The van der Waals surface area contributed by atoms with Crippen molar-refractivity contribution in [1.82, 2.24) is 10.6 Å². The van der Waals surface area contributed by atoms with Crippen molar-refractivity contribution in [2.24, 2.45) is 0 Å². The number of amides is 1. The third-order valence-electron chi connectivity index (χ3n) is 2.61. The van der Waals surface area contributed by atoms with Gasteiger partial charge in [-0.15, -0.1) is 0 Å². The first-order valence-electron chi connectivity index (χ1n) is 5.05. The number of rotatable bonds is 2. The van der Waals surface area contributed by atoms with Gasteiger partial charge in [-0.05, 0) is 18.6 Å². The van der Waals surface area contributed by atoms with E-state index in [4.69, 9.17) is 0 Å². The molecule has 5 heteroatoms. The molecule has 0 bridgehead atoms. The fraction of sp³-hybridized carbons (Fsp3) is 0.364. The first kappa shape index (κ1) is 11.0. The number of hydrogen-bond donors (Lipinski definition) is 2. The third kappa shape index (κ3) is 2.04. The van der Waals surface area contributed by atoms with E-state index >= 15 is 0 Å². The molecule has 0 saturated carbocycles. The van der Waals surface area contributed by atoms with Crippen LogP contribution in [-0.2, 0) is 0 Å². The van der Waals surface area contributed by atoms with Crippen molar-refractivity contribution in [2.75, 3.05) is 13.1 Å². The fourth-order valence-electron chi connectivity index (χ4n) is 1.49. The molecule has 86 valence electrons. The molecule has 1 aliphatic heterocycles. The zero-order chi connectivity index (χ0) is 11.7. The van der Waals surface area contributed by atoms with E-state index < -0.39 is 17.5 Å². The van der Waals surface area contributed by atoms with Crippen LogP contribution in [0.1, 0.15) is 15.9 Å². The van der Waals surface area contributed by atoms with Crippen molar-refractivity contribution < 1.29 is 13.6 Å². The zero-order valence-corrected chi connectivity index (χ0v) is 8.81. The molecule has 0 spiro atoms. The van der Waals surface area contributed by atoms with Crippen molar-refractivity contribution in [2.45, 2.75) is 13.0 Å². The second-order valence-corrected chi connectivity index (χ2v) is 3.91. The molecule has 16 heavy (non-hydrogen) atoms. The number of nitrogens with one attached hydrogen (secondary N) is 2. The predicted molar refractivity (Wildman–Crippen MR) is 55.2 cm³/mol. The number of aryl methyl sites for hydroxylation is 1. The molecule has 1 fully saturated rings. The van der Waals surface area contributed by atoms with E-state index in [0.717, 1.165) is 6.07 Å². The minimum atomic E-state index is -0.826. The van der Waals surface area contributed by atoms with E-state index in [-0.39, 0.29) is 17.2 Å². The molecular formula is C11H12F2N2O. The van der Waals surface area contributed by atoms with Crippen molar-refractivity contribution in [3.05, 3.63) is 34.9 Å². The Kier molecular flexibility index (Phi) is 2.87. The van der Waals surface area contributed by atoms with Crippen LogP contribution in [0.3, 0.4) is 0 Å². The number of benzene rings is 1. The lowest BCUT2D eigenvalue weighted by atomic mass is 10.1. The van der Waals surface area contributed by atoms with Gasteiger partial charge in [-0.25, -0.2) is 8.78 Å². The third-order valence-corrected chi connectivity index (χ3v) is 2.61. The molecule has 3 nitrogen and oxygen atoms in total. The van der Waals surface area contributed by atoms with Gasteiger partial charge < -0.3 is 10.6 Å². The van der Waals surface area contributed by atoms with Gasteiger partial charge in [0.25, 0.3) is 5.91 Å². The maximum Gasteiger partial charge on any atom is 0.254 e. The first-order valence-corrected chi connectivity index (χ1v) is 5.05. The molecule has 0 atom stereocenters. The van der Waals surface area contributed by atoms with E-state index in [1.54, 1.807) is 0 Å². The standard InChI is InChI=1S/C11H12F2N2O/c1-6-2-8(10(13)3-9(6)12)11(16)15-7-4-14-5-7/h2-3,7,14H,4-5H2,1H3,(H,15,16). The van der Waals surface area contributed by atoms with Gasteiger partial charge in [0.05, 0.1) is 11.6 Å². The second kappa shape index (κ2) is 4.17. The summed E-state index contributed by atoms with van der Waals surface area (Å²) in [5.41, 5.74) is 0.157. The molecule has 1 saturated heterocycles. The molecular weight excluding hydrogens is 214 g/mol. The van der Waals surface area contributed by atoms with Crippen LogP contribution >= 0.6 is 0 Å². The quantitative estimate of drug-likeness (QED) is 0.789. The largest absolute Gasteiger partial charge is 0.347 e. The summed E-state index contributed by atoms with van der Waals surface area (Å²) < 4.78 is 26.3. The molecule has 1 aromatic carbocycles. The Labute approximate surface area is 91.8 Å². The summed E-state index contributed by atoms with van der Waals surface area (Å²) in [6.07, 6.45) is 0. The Morgan fingerprint density at radius 3 is 2.62 bits per heavy atom. The van der Waals surface area contributed by atoms with Gasteiger partial charge in [-0.3, -0.25) is 4.79 Å². The topological polar surface area (TPSA) is 41.1 Å². The molecule has 0 radical (unpaired) electrons. The van der Waals surface area contributed by atoms with Gasteiger partial charge >= 0.3 is 0 Å². The second-order valence-electron chi connectivity index (χ2n) is 3.91. The molecule has 2 N–H and O–H groups in total. The van der Waals surface area contributed by atoms with E-state index in [1.807, 2.05) is 0 Å². The van der Waals surface area contributed by atoms with Gasteiger partial charge in [-0.1, -0.05) is 0 Å². The van der Waals surface area contributed by atoms with Crippen LogP contribution in [0.2, 0.25) is 0 Å². The van der Waals surface area contributed by atoms with Gasteiger partial charge in [0.15, 0.2) is 0 Å². The summed E-state index contributed by atoms with van der Waals surface area (Å²) in [4.78, 5) is 11.6. The molecule has 1 aromatic rings. The van der Waals surface area contributed by atoms with Crippen LogP contribution in [0.15, 0.2) is 12.1 Å². The van der Waals surface area contributed by atoms with Crippen molar-refractivity contribution in [3.63, 3.8) is 0 Å². The van der Waals surface area contributed by atoms with Gasteiger partial charge in [-0.2, -0.15) is 0 Å². The Bertz CT molecular complexity index is 430. The maximum atomic E-state index is 13.3. The van der Waals surface area contributed by atoms with Crippen LogP contribution in [-0.4, -0.2) is 25.0 Å².